The molecule has 1 saturated carbocycles. The summed E-state index contributed by atoms with van der Waals surface area (Å²) in [6, 6.07) is 13.0. The van der Waals surface area contributed by atoms with Crippen LogP contribution in [0.3, 0.4) is 0 Å². The van der Waals surface area contributed by atoms with Crippen molar-refractivity contribution in [2.75, 3.05) is 27.9 Å². The van der Waals surface area contributed by atoms with Crippen molar-refractivity contribution in [3.63, 3.8) is 0 Å². The van der Waals surface area contributed by atoms with Crippen LogP contribution in [0.1, 0.15) is 49.3 Å². The van der Waals surface area contributed by atoms with Gasteiger partial charge in [0.05, 0.1) is 33.0 Å². The Hall–Kier alpha value is -2.99. The third-order valence-corrected chi connectivity index (χ3v) is 7.14. The number of likely N-dealkylation sites (tertiary alicyclic amines) is 1. The summed E-state index contributed by atoms with van der Waals surface area (Å²) in [5.74, 6) is 2.05. The number of carbonyl (C=O) groups excluding carboxylic acids is 1. The van der Waals surface area contributed by atoms with Crippen LogP contribution < -0.4 is 14.2 Å². The van der Waals surface area contributed by atoms with Gasteiger partial charge < -0.3 is 24.2 Å². The molecule has 0 aromatic heterocycles. The van der Waals surface area contributed by atoms with E-state index in [1.165, 1.54) is 0 Å². The van der Waals surface area contributed by atoms with Gasteiger partial charge in [0.15, 0.2) is 0 Å². The highest BCUT2D eigenvalue weighted by Crippen LogP contribution is 2.51. The molecule has 6 nitrogen and oxygen atoms in total. The predicted octanol–water partition coefficient (Wildman–Crippen LogP) is 4.62. The molecule has 1 N–H and O–H groups in total. The topological polar surface area (TPSA) is 68.2 Å². The summed E-state index contributed by atoms with van der Waals surface area (Å²) < 4.78 is 16.4. The summed E-state index contributed by atoms with van der Waals surface area (Å²) in [5.41, 5.74) is 1.03. The van der Waals surface area contributed by atoms with Crippen LogP contribution in [0.4, 0.5) is 0 Å². The van der Waals surface area contributed by atoms with Gasteiger partial charge in [-0.15, -0.1) is 0 Å². The molecule has 0 radical (unpaired) electrons. The van der Waals surface area contributed by atoms with Crippen LogP contribution in [-0.2, 0) is 4.79 Å². The highest BCUT2D eigenvalue weighted by molar-refractivity contribution is 5.92. The molecule has 176 valence electrons. The second-order valence-electron chi connectivity index (χ2n) is 8.90. The number of hydrogen-bond acceptors (Lipinski definition) is 5. The highest BCUT2D eigenvalue weighted by Gasteiger charge is 2.50. The summed E-state index contributed by atoms with van der Waals surface area (Å²) in [7, 11) is 4.89. The fourth-order valence-electron chi connectivity index (χ4n) is 5.36. The van der Waals surface area contributed by atoms with Crippen molar-refractivity contribution >= 4 is 12.0 Å². The average molecular weight is 452 g/mol. The first kappa shape index (κ1) is 23.2. The quantitative estimate of drug-likeness (QED) is 0.649. The van der Waals surface area contributed by atoms with Gasteiger partial charge in [0.1, 0.15) is 17.2 Å². The first-order valence-corrected chi connectivity index (χ1v) is 11.6. The smallest absolute Gasteiger partial charge is 0.247 e. The van der Waals surface area contributed by atoms with Gasteiger partial charge in [0.25, 0.3) is 0 Å². The van der Waals surface area contributed by atoms with E-state index in [-0.39, 0.29) is 17.9 Å². The SMILES string of the molecule is COc1ccc(C=CC(=O)N2CC[C@@]3(O)CCCC[C@H]3[C@@H]2c2cc(OC)ccc2OC)cc1. The van der Waals surface area contributed by atoms with Crippen LogP contribution in [0.25, 0.3) is 6.08 Å². The Bertz CT molecular complexity index is 1000. The van der Waals surface area contributed by atoms with Gasteiger partial charge in [-0.2, -0.15) is 0 Å². The molecular formula is C27H33NO5. The Morgan fingerprint density at radius 1 is 1.00 bits per heavy atom. The maximum atomic E-state index is 13.5. The Morgan fingerprint density at radius 2 is 1.73 bits per heavy atom. The molecule has 0 unspecified atom stereocenters. The van der Waals surface area contributed by atoms with E-state index in [1.807, 2.05) is 53.4 Å². The van der Waals surface area contributed by atoms with Gasteiger partial charge in [-0.3, -0.25) is 4.79 Å². The van der Waals surface area contributed by atoms with E-state index in [4.69, 9.17) is 14.2 Å². The van der Waals surface area contributed by atoms with E-state index < -0.39 is 5.60 Å². The molecule has 1 amide bonds. The van der Waals surface area contributed by atoms with Crippen LogP contribution in [0.2, 0.25) is 0 Å². The molecule has 1 heterocycles. The lowest BCUT2D eigenvalue weighted by atomic mass is 9.66. The van der Waals surface area contributed by atoms with Crippen molar-refractivity contribution in [3.8, 4) is 17.2 Å². The lowest BCUT2D eigenvalue weighted by molar-refractivity contribution is -0.151. The number of nitrogens with zero attached hydrogens (tertiary/aromatic N) is 1. The number of benzene rings is 2. The van der Waals surface area contributed by atoms with Crippen LogP contribution in [-0.4, -0.2) is 49.4 Å². The first-order valence-electron chi connectivity index (χ1n) is 11.6. The second-order valence-corrected chi connectivity index (χ2v) is 8.90. The maximum absolute atomic E-state index is 13.5. The number of ether oxygens (including phenoxy) is 3. The predicted molar refractivity (Wildman–Crippen MR) is 128 cm³/mol. The van der Waals surface area contributed by atoms with Crippen molar-refractivity contribution in [1.29, 1.82) is 0 Å². The highest BCUT2D eigenvalue weighted by atomic mass is 16.5. The van der Waals surface area contributed by atoms with Gasteiger partial charge >= 0.3 is 0 Å². The second kappa shape index (κ2) is 9.87. The summed E-state index contributed by atoms with van der Waals surface area (Å²) >= 11 is 0. The minimum atomic E-state index is -0.770. The zero-order chi connectivity index (χ0) is 23.4. The van der Waals surface area contributed by atoms with E-state index in [1.54, 1.807) is 27.4 Å². The third-order valence-electron chi connectivity index (χ3n) is 7.14. The van der Waals surface area contributed by atoms with Gasteiger partial charge in [-0.05, 0) is 61.2 Å². The molecule has 6 heteroatoms. The molecule has 1 aliphatic heterocycles. The van der Waals surface area contributed by atoms with Crippen LogP contribution in [0, 0.1) is 5.92 Å². The number of methoxy groups -OCH3 is 3. The maximum Gasteiger partial charge on any atom is 0.247 e. The summed E-state index contributed by atoms with van der Waals surface area (Å²) in [5, 5.41) is 11.5. The zero-order valence-electron chi connectivity index (χ0n) is 19.6. The van der Waals surface area contributed by atoms with Crippen LogP contribution in [0.5, 0.6) is 17.2 Å². The summed E-state index contributed by atoms with van der Waals surface area (Å²) in [4.78, 5) is 15.4. The van der Waals surface area contributed by atoms with Crippen molar-refractivity contribution in [2.45, 2.75) is 43.7 Å². The monoisotopic (exact) mass is 451 g/mol. The number of rotatable bonds is 6. The van der Waals surface area contributed by atoms with E-state index in [2.05, 4.69) is 0 Å². The summed E-state index contributed by atoms with van der Waals surface area (Å²) in [6.07, 6.45) is 7.72. The normalized spacial score (nSPS) is 24.9. The van der Waals surface area contributed by atoms with Crippen molar-refractivity contribution in [1.82, 2.24) is 4.90 Å². The number of hydrogen-bond donors (Lipinski definition) is 1. The molecule has 2 aliphatic rings. The van der Waals surface area contributed by atoms with Gasteiger partial charge in [0, 0.05) is 24.1 Å². The molecular weight excluding hydrogens is 418 g/mol. The number of carbonyl (C=O) groups is 1. The van der Waals surface area contributed by atoms with E-state index in [0.717, 1.165) is 42.6 Å². The van der Waals surface area contributed by atoms with Gasteiger partial charge in [-0.25, -0.2) is 0 Å². The van der Waals surface area contributed by atoms with Crippen LogP contribution >= 0.6 is 0 Å². The number of fused-ring (bicyclic) bond motifs is 1. The van der Waals surface area contributed by atoms with Gasteiger partial charge in [0.2, 0.25) is 5.91 Å². The van der Waals surface area contributed by atoms with Gasteiger partial charge in [-0.1, -0.05) is 25.0 Å². The minimum Gasteiger partial charge on any atom is -0.497 e. The Balaban J connectivity index is 1.69. The molecule has 2 aromatic rings. The number of piperidine rings is 1. The van der Waals surface area contributed by atoms with Crippen LogP contribution in [0.15, 0.2) is 48.5 Å². The molecule has 3 atom stereocenters. The van der Waals surface area contributed by atoms with E-state index >= 15 is 0 Å². The molecule has 0 bridgehead atoms. The lowest BCUT2D eigenvalue weighted by Gasteiger charge is -2.52. The fourth-order valence-corrected chi connectivity index (χ4v) is 5.36. The standard InChI is InChI=1S/C27H33NO5/c1-31-20-10-7-19(8-11-20)9-14-25(29)28-17-16-27(30)15-5-4-6-23(27)26(28)22-18-21(32-2)12-13-24(22)33-3/h7-14,18,23,26,30H,4-6,15-17H2,1-3H3/t23-,26-,27-/m0/s1. The van der Waals surface area contributed by atoms with Crippen molar-refractivity contribution < 1.29 is 24.1 Å². The van der Waals surface area contributed by atoms with E-state index in [9.17, 15) is 9.90 Å². The molecule has 0 spiro atoms. The number of aliphatic hydroxyl groups is 1. The molecule has 1 aliphatic carbocycles. The first-order chi connectivity index (χ1) is 16.0. The van der Waals surface area contributed by atoms with Crippen molar-refractivity contribution in [2.24, 2.45) is 5.92 Å². The summed E-state index contributed by atoms with van der Waals surface area (Å²) in [6.45, 7) is 0.490. The lowest BCUT2D eigenvalue weighted by Crippen LogP contribution is -2.56. The minimum absolute atomic E-state index is 0.0562. The van der Waals surface area contributed by atoms with E-state index in [0.29, 0.717) is 24.5 Å². The molecule has 2 fully saturated rings. The van der Waals surface area contributed by atoms with Crippen molar-refractivity contribution in [3.05, 3.63) is 59.7 Å². The third kappa shape index (κ3) is 4.71. The molecule has 1 saturated heterocycles. The Kier molecular flexibility index (Phi) is 6.94. The molecule has 4 rings (SSSR count). The average Bonchev–Trinajstić information content (AvgIpc) is 2.86. The number of amides is 1. The Morgan fingerprint density at radius 3 is 2.42 bits per heavy atom. The zero-order valence-corrected chi connectivity index (χ0v) is 19.6. The Labute approximate surface area is 195 Å². The molecule has 2 aromatic carbocycles. The molecule has 33 heavy (non-hydrogen) atoms. The largest absolute Gasteiger partial charge is 0.497 e. The fraction of sp³-hybridized carbons (Fsp3) is 0.444.